The van der Waals surface area contributed by atoms with E-state index < -0.39 is 6.10 Å². The van der Waals surface area contributed by atoms with Crippen LogP contribution in [0, 0.1) is 0 Å². The third-order valence-corrected chi connectivity index (χ3v) is 3.55. The van der Waals surface area contributed by atoms with Gasteiger partial charge in [0.05, 0.1) is 0 Å². The van der Waals surface area contributed by atoms with Gasteiger partial charge < -0.3 is 15.4 Å². The SMILES string of the molecule is CCNCc1ccccc1NC(=O)C(C)Oc1cccc(Cl)c1.Cl. The molecule has 0 saturated heterocycles. The molecule has 2 aromatic carbocycles. The van der Waals surface area contributed by atoms with Crippen LogP contribution < -0.4 is 15.4 Å². The maximum atomic E-state index is 12.3. The molecule has 2 N–H and O–H groups in total. The van der Waals surface area contributed by atoms with Gasteiger partial charge in [0.25, 0.3) is 5.91 Å². The maximum absolute atomic E-state index is 12.3. The number of para-hydroxylation sites is 1. The molecule has 0 saturated carbocycles. The van der Waals surface area contributed by atoms with Crippen molar-refractivity contribution >= 4 is 35.6 Å². The summed E-state index contributed by atoms with van der Waals surface area (Å²) in [4.78, 5) is 12.3. The third kappa shape index (κ3) is 6.04. The number of nitrogens with one attached hydrogen (secondary N) is 2. The van der Waals surface area contributed by atoms with E-state index in [9.17, 15) is 4.79 Å². The van der Waals surface area contributed by atoms with Gasteiger partial charge >= 0.3 is 0 Å². The molecule has 0 aliphatic heterocycles. The summed E-state index contributed by atoms with van der Waals surface area (Å²) in [6, 6.07) is 14.7. The lowest BCUT2D eigenvalue weighted by molar-refractivity contribution is -0.122. The molecule has 6 heteroatoms. The summed E-state index contributed by atoms with van der Waals surface area (Å²) < 4.78 is 5.64. The molecule has 0 aliphatic carbocycles. The zero-order valence-electron chi connectivity index (χ0n) is 13.7. The molecule has 4 nitrogen and oxygen atoms in total. The van der Waals surface area contributed by atoms with Crippen molar-refractivity contribution in [2.75, 3.05) is 11.9 Å². The Balaban J connectivity index is 0.00000288. The fourth-order valence-electron chi connectivity index (χ4n) is 2.09. The molecular weight excluding hydrogens is 347 g/mol. The maximum Gasteiger partial charge on any atom is 0.265 e. The Morgan fingerprint density at radius 2 is 1.96 bits per heavy atom. The standard InChI is InChI=1S/C18H21ClN2O2.ClH/c1-3-20-12-14-7-4-5-10-17(14)21-18(22)13(2)23-16-9-6-8-15(19)11-16;/h4-11,13,20H,3,12H2,1-2H3,(H,21,22);1H. The molecule has 130 valence electrons. The van der Waals surface area contributed by atoms with Crippen molar-refractivity contribution in [3.63, 3.8) is 0 Å². The normalized spacial score (nSPS) is 11.3. The second-order valence-electron chi connectivity index (χ2n) is 5.14. The molecule has 1 amide bonds. The van der Waals surface area contributed by atoms with Gasteiger partial charge in [-0.25, -0.2) is 0 Å². The summed E-state index contributed by atoms with van der Waals surface area (Å²) in [7, 11) is 0. The number of ether oxygens (including phenoxy) is 1. The lowest BCUT2D eigenvalue weighted by Gasteiger charge is -2.16. The predicted molar refractivity (Wildman–Crippen MR) is 101 cm³/mol. The van der Waals surface area contributed by atoms with Gasteiger partial charge in [-0.1, -0.05) is 42.8 Å². The molecule has 24 heavy (non-hydrogen) atoms. The van der Waals surface area contributed by atoms with E-state index in [1.165, 1.54) is 0 Å². The second kappa shape index (κ2) is 10.2. The first-order chi connectivity index (χ1) is 11.1. The Bertz CT molecular complexity index is 665. The van der Waals surface area contributed by atoms with Gasteiger partial charge in [0, 0.05) is 17.3 Å². The number of carbonyl (C=O) groups excluding carboxylic acids is 1. The number of hydrogen-bond donors (Lipinski definition) is 2. The Morgan fingerprint density at radius 3 is 2.67 bits per heavy atom. The van der Waals surface area contributed by atoms with Gasteiger partial charge in [-0.15, -0.1) is 12.4 Å². The first-order valence-corrected chi connectivity index (χ1v) is 7.99. The molecule has 0 aliphatic rings. The van der Waals surface area contributed by atoms with Crippen LogP contribution in [0.3, 0.4) is 0 Å². The van der Waals surface area contributed by atoms with E-state index in [4.69, 9.17) is 16.3 Å². The van der Waals surface area contributed by atoms with E-state index in [1.54, 1.807) is 31.2 Å². The van der Waals surface area contributed by atoms with Crippen molar-refractivity contribution in [1.82, 2.24) is 5.32 Å². The second-order valence-corrected chi connectivity index (χ2v) is 5.58. The predicted octanol–water partition coefficient (Wildman–Crippen LogP) is 4.28. The monoisotopic (exact) mass is 368 g/mol. The lowest BCUT2D eigenvalue weighted by Crippen LogP contribution is -2.30. The van der Waals surface area contributed by atoms with Crippen LogP contribution in [0.5, 0.6) is 5.75 Å². The minimum Gasteiger partial charge on any atom is -0.481 e. The molecule has 0 aromatic heterocycles. The Morgan fingerprint density at radius 1 is 1.21 bits per heavy atom. The highest BCUT2D eigenvalue weighted by Crippen LogP contribution is 2.19. The van der Waals surface area contributed by atoms with Crippen LogP contribution in [0.4, 0.5) is 5.69 Å². The van der Waals surface area contributed by atoms with Gasteiger partial charge in [0.15, 0.2) is 6.10 Å². The van der Waals surface area contributed by atoms with Crippen LogP contribution in [0.2, 0.25) is 5.02 Å². The number of carbonyl (C=O) groups is 1. The summed E-state index contributed by atoms with van der Waals surface area (Å²) in [5, 5.41) is 6.75. The number of anilines is 1. The average Bonchev–Trinajstić information content (AvgIpc) is 2.54. The first-order valence-electron chi connectivity index (χ1n) is 7.62. The van der Waals surface area contributed by atoms with E-state index in [0.29, 0.717) is 17.3 Å². The molecule has 0 radical (unpaired) electrons. The highest BCUT2D eigenvalue weighted by atomic mass is 35.5. The lowest BCUT2D eigenvalue weighted by atomic mass is 10.1. The zero-order valence-corrected chi connectivity index (χ0v) is 15.3. The molecule has 0 bridgehead atoms. The highest BCUT2D eigenvalue weighted by molar-refractivity contribution is 6.30. The van der Waals surface area contributed by atoms with E-state index in [2.05, 4.69) is 10.6 Å². The Kier molecular flexibility index (Phi) is 8.61. The van der Waals surface area contributed by atoms with Gasteiger partial charge in [0.2, 0.25) is 0 Å². The fourth-order valence-corrected chi connectivity index (χ4v) is 2.27. The molecule has 2 rings (SSSR count). The van der Waals surface area contributed by atoms with Gasteiger partial charge in [-0.05, 0) is 43.3 Å². The highest BCUT2D eigenvalue weighted by Gasteiger charge is 2.16. The minimum absolute atomic E-state index is 0. The Labute approximate surface area is 154 Å². The molecular formula is C18H22Cl2N2O2. The topological polar surface area (TPSA) is 50.4 Å². The number of benzene rings is 2. The zero-order chi connectivity index (χ0) is 16.7. The Hall–Kier alpha value is -1.75. The number of amides is 1. The van der Waals surface area contributed by atoms with Crippen LogP contribution in [0.15, 0.2) is 48.5 Å². The molecule has 1 atom stereocenters. The molecule has 0 fully saturated rings. The largest absolute Gasteiger partial charge is 0.481 e. The number of hydrogen-bond acceptors (Lipinski definition) is 3. The number of rotatable bonds is 7. The smallest absolute Gasteiger partial charge is 0.265 e. The van der Waals surface area contributed by atoms with Crippen molar-refractivity contribution in [3.8, 4) is 5.75 Å². The van der Waals surface area contributed by atoms with Gasteiger partial charge in [0.1, 0.15) is 5.75 Å². The van der Waals surface area contributed by atoms with Crippen molar-refractivity contribution in [2.24, 2.45) is 0 Å². The summed E-state index contributed by atoms with van der Waals surface area (Å²) in [6.07, 6.45) is -0.624. The van der Waals surface area contributed by atoms with E-state index in [-0.39, 0.29) is 18.3 Å². The molecule has 1 unspecified atom stereocenters. The summed E-state index contributed by atoms with van der Waals surface area (Å²) >= 11 is 5.92. The minimum atomic E-state index is -0.624. The van der Waals surface area contributed by atoms with Gasteiger partial charge in [-0.3, -0.25) is 4.79 Å². The van der Waals surface area contributed by atoms with Crippen LogP contribution in [0.25, 0.3) is 0 Å². The van der Waals surface area contributed by atoms with Crippen molar-refractivity contribution in [2.45, 2.75) is 26.5 Å². The van der Waals surface area contributed by atoms with Crippen molar-refractivity contribution in [3.05, 3.63) is 59.1 Å². The van der Waals surface area contributed by atoms with Crippen LogP contribution >= 0.6 is 24.0 Å². The molecule has 2 aromatic rings. The van der Waals surface area contributed by atoms with Crippen molar-refractivity contribution < 1.29 is 9.53 Å². The van der Waals surface area contributed by atoms with Crippen LogP contribution in [-0.4, -0.2) is 18.6 Å². The van der Waals surface area contributed by atoms with E-state index in [0.717, 1.165) is 17.8 Å². The fraction of sp³-hybridized carbons (Fsp3) is 0.278. The van der Waals surface area contributed by atoms with Gasteiger partial charge in [-0.2, -0.15) is 0 Å². The van der Waals surface area contributed by atoms with Crippen molar-refractivity contribution in [1.29, 1.82) is 0 Å². The summed E-state index contributed by atoms with van der Waals surface area (Å²) in [5.74, 6) is 0.370. The average molecular weight is 369 g/mol. The first kappa shape index (κ1) is 20.3. The summed E-state index contributed by atoms with van der Waals surface area (Å²) in [5.41, 5.74) is 1.83. The van der Waals surface area contributed by atoms with E-state index >= 15 is 0 Å². The number of halogens is 2. The molecule has 0 spiro atoms. The molecule has 0 heterocycles. The summed E-state index contributed by atoms with van der Waals surface area (Å²) in [6.45, 7) is 5.33. The van der Waals surface area contributed by atoms with Crippen LogP contribution in [-0.2, 0) is 11.3 Å². The third-order valence-electron chi connectivity index (χ3n) is 3.32. The van der Waals surface area contributed by atoms with E-state index in [1.807, 2.05) is 31.2 Å². The van der Waals surface area contributed by atoms with Crippen LogP contribution in [0.1, 0.15) is 19.4 Å². The quantitative estimate of drug-likeness (QED) is 0.766.